The Bertz CT molecular complexity index is 726. The third-order valence-corrected chi connectivity index (χ3v) is 2.70. The number of nitrogens with one attached hydrogen (secondary N) is 1. The summed E-state index contributed by atoms with van der Waals surface area (Å²) in [6.45, 7) is -0.512. The highest BCUT2D eigenvalue weighted by Gasteiger charge is 2.14. The van der Waals surface area contributed by atoms with E-state index in [-0.39, 0.29) is 11.3 Å². The van der Waals surface area contributed by atoms with E-state index in [1.165, 1.54) is 12.1 Å². The lowest BCUT2D eigenvalue weighted by Crippen LogP contribution is -2.38. The zero-order valence-electron chi connectivity index (χ0n) is 10.8. The van der Waals surface area contributed by atoms with Crippen LogP contribution in [0.3, 0.4) is 0 Å². The molecule has 0 spiro atoms. The molecule has 7 nitrogen and oxygen atoms in total. The van der Waals surface area contributed by atoms with Gasteiger partial charge < -0.3 is 15.6 Å². The molecule has 4 N–H and O–H groups in total. The van der Waals surface area contributed by atoms with E-state index in [4.69, 9.17) is 10.5 Å². The van der Waals surface area contributed by atoms with Gasteiger partial charge in [0.25, 0.3) is 5.91 Å². The number of fused-ring (bicyclic) bond motifs is 1. The molecule has 0 fully saturated rings. The first-order chi connectivity index (χ1) is 9.97. The van der Waals surface area contributed by atoms with Gasteiger partial charge in [0.15, 0.2) is 6.61 Å². The van der Waals surface area contributed by atoms with Crippen LogP contribution in [0.2, 0.25) is 0 Å². The maximum absolute atomic E-state index is 11.3. The quantitative estimate of drug-likeness (QED) is 0.778. The topological polar surface area (TPSA) is 119 Å². The van der Waals surface area contributed by atoms with E-state index in [2.05, 4.69) is 0 Å². The summed E-state index contributed by atoms with van der Waals surface area (Å²) >= 11 is 0. The molecule has 0 aliphatic carbocycles. The number of primary amides is 1. The number of aromatic carboxylic acids is 1. The predicted octanol–water partition coefficient (Wildman–Crippen LogP) is 1.11. The molecular formula is C14H12N2O5. The lowest BCUT2D eigenvalue weighted by molar-refractivity contribution is -0.121. The number of urea groups is 1. The summed E-state index contributed by atoms with van der Waals surface area (Å²) in [5.41, 5.74) is 4.73. The van der Waals surface area contributed by atoms with Crippen LogP contribution in [0.4, 0.5) is 4.79 Å². The molecule has 0 radical (unpaired) electrons. The van der Waals surface area contributed by atoms with Gasteiger partial charge >= 0.3 is 12.0 Å². The van der Waals surface area contributed by atoms with Crippen molar-refractivity contribution in [2.24, 2.45) is 5.73 Å². The van der Waals surface area contributed by atoms with Crippen molar-refractivity contribution in [2.75, 3.05) is 6.61 Å². The third-order valence-electron chi connectivity index (χ3n) is 2.70. The number of benzene rings is 2. The minimum atomic E-state index is -1.17. The molecule has 21 heavy (non-hydrogen) atoms. The van der Waals surface area contributed by atoms with Gasteiger partial charge in [0.05, 0.1) is 0 Å². The average Bonchev–Trinajstić information content (AvgIpc) is 2.43. The number of hydrogen-bond donors (Lipinski definition) is 3. The zero-order valence-corrected chi connectivity index (χ0v) is 10.8. The maximum Gasteiger partial charge on any atom is 0.339 e. The SMILES string of the molecule is NC(=O)NC(=O)COc1cc2ccccc2cc1C(=O)O. The normalized spacial score (nSPS) is 10.1. The molecule has 0 heterocycles. The minimum absolute atomic E-state index is 0.0424. The minimum Gasteiger partial charge on any atom is -0.483 e. The number of carbonyl (C=O) groups excluding carboxylic acids is 2. The Morgan fingerprint density at radius 3 is 2.33 bits per heavy atom. The van der Waals surface area contributed by atoms with Gasteiger partial charge in [-0.3, -0.25) is 10.1 Å². The van der Waals surface area contributed by atoms with E-state index in [9.17, 15) is 19.5 Å². The molecule has 0 bridgehead atoms. The van der Waals surface area contributed by atoms with Crippen LogP contribution in [-0.4, -0.2) is 29.6 Å². The number of ether oxygens (including phenoxy) is 1. The number of carboxylic acids is 1. The molecule has 0 saturated heterocycles. The first-order valence-electron chi connectivity index (χ1n) is 5.95. The molecule has 0 saturated carbocycles. The van der Waals surface area contributed by atoms with Crippen LogP contribution < -0.4 is 15.8 Å². The van der Waals surface area contributed by atoms with E-state index < -0.39 is 24.5 Å². The van der Waals surface area contributed by atoms with Crippen LogP contribution in [-0.2, 0) is 4.79 Å². The number of carbonyl (C=O) groups is 3. The molecule has 0 aliphatic rings. The highest BCUT2D eigenvalue weighted by atomic mass is 16.5. The number of rotatable bonds is 4. The summed E-state index contributed by atoms with van der Waals surface area (Å²) in [5.74, 6) is -1.89. The first-order valence-corrected chi connectivity index (χ1v) is 5.95. The van der Waals surface area contributed by atoms with Crippen LogP contribution in [0.1, 0.15) is 10.4 Å². The molecule has 2 aromatic carbocycles. The molecule has 0 unspecified atom stereocenters. The van der Waals surface area contributed by atoms with Gasteiger partial charge in [-0.2, -0.15) is 0 Å². The highest BCUT2D eigenvalue weighted by Crippen LogP contribution is 2.26. The van der Waals surface area contributed by atoms with Crippen molar-refractivity contribution in [1.29, 1.82) is 0 Å². The van der Waals surface area contributed by atoms with Crippen molar-refractivity contribution in [1.82, 2.24) is 5.32 Å². The molecular weight excluding hydrogens is 276 g/mol. The van der Waals surface area contributed by atoms with Gasteiger partial charge in [-0.15, -0.1) is 0 Å². The van der Waals surface area contributed by atoms with Crippen LogP contribution in [0.25, 0.3) is 10.8 Å². The van der Waals surface area contributed by atoms with E-state index in [0.717, 1.165) is 10.8 Å². The predicted molar refractivity (Wildman–Crippen MR) is 74.1 cm³/mol. The fourth-order valence-corrected chi connectivity index (χ4v) is 1.82. The lowest BCUT2D eigenvalue weighted by Gasteiger charge is -2.10. The van der Waals surface area contributed by atoms with Crippen LogP contribution in [0, 0.1) is 0 Å². The van der Waals surface area contributed by atoms with Gasteiger partial charge in [-0.05, 0) is 22.9 Å². The van der Waals surface area contributed by atoms with Gasteiger partial charge in [-0.25, -0.2) is 9.59 Å². The Kier molecular flexibility index (Phi) is 4.03. The van der Waals surface area contributed by atoms with Crippen molar-refractivity contribution in [2.45, 2.75) is 0 Å². The second-order valence-electron chi connectivity index (χ2n) is 4.20. The Hall–Kier alpha value is -3.09. The molecule has 0 atom stereocenters. The van der Waals surface area contributed by atoms with E-state index in [1.54, 1.807) is 24.3 Å². The van der Waals surface area contributed by atoms with Gasteiger partial charge in [0.1, 0.15) is 11.3 Å². The van der Waals surface area contributed by atoms with Crippen molar-refractivity contribution in [3.8, 4) is 5.75 Å². The molecule has 2 aromatic rings. The third kappa shape index (κ3) is 3.47. The van der Waals surface area contributed by atoms with Crippen LogP contribution >= 0.6 is 0 Å². The number of amides is 3. The standard InChI is InChI=1S/C14H12N2O5/c15-14(20)16-12(17)7-21-11-6-9-4-2-1-3-8(9)5-10(11)13(18)19/h1-6H,7H2,(H,18,19)(H3,15,16,17,20). The summed E-state index contributed by atoms with van der Waals surface area (Å²) in [6, 6.07) is 9.12. The number of carboxylic acid groups (broad SMARTS) is 1. The van der Waals surface area contributed by atoms with Gasteiger partial charge in [-0.1, -0.05) is 24.3 Å². The van der Waals surface area contributed by atoms with Crippen LogP contribution in [0.5, 0.6) is 5.75 Å². The largest absolute Gasteiger partial charge is 0.483 e. The molecule has 0 aliphatic heterocycles. The van der Waals surface area contributed by atoms with Crippen LogP contribution in [0.15, 0.2) is 36.4 Å². The van der Waals surface area contributed by atoms with Crippen molar-refractivity contribution in [3.05, 3.63) is 42.0 Å². The second kappa shape index (κ2) is 5.91. The Morgan fingerprint density at radius 2 is 1.76 bits per heavy atom. The Balaban J connectivity index is 2.28. The fourth-order valence-electron chi connectivity index (χ4n) is 1.82. The monoisotopic (exact) mass is 288 g/mol. The van der Waals surface area contributed by atoms with E-state index in [0.29, 0.717) is 0 Å². The van der Waals surface area contributed by atoms with Crippen molar-refractivity contribution in [3.63, 3.8) is 0 Å². The van der Waals surface area contributed by atoms with E-state index >= 15 is 0 Å². The van der Waals surface area contributed by atoms with Crippen molar-refractivity contribution >= 4 is 28.7 Å². The highest BCUT2D eigenvalue weighted by molar-refractivity contribution is 5.98. The molecule has 108 valence electrons. The molecule has 2 rings (SSSR count). The second-order valence-corrected chi connectivity index (χ2v) is 4.20. The first kappa shape index (κ1) is 14.3. The van der Waals surface area contributed by atoms with Gasteiger partial charge in [0, 0.05) is 0 Å². The van der Waals surface area contributed by atoms with Crippen molar-refractivity contribution < 1.29 is 24.2 Å². The van der Waals surface area contributed by atoms with E-state index in [1.807, 2.05) is 5.32 Å². The summed E-state index contributed by atoms with van der Waals surface area (Å²) < 4.78 is 5.17. The summed E-state index contributed by atoms with van der Waals surface area (Å²) in [5, 5.41) is 12.5. The number of nitrogens with two attached hydrogens (primary N) is 1. The Morgan fingerprint density at radius 1 is 1.14 bits per heavy atom. The van der Waals surface area contributed by atoms with Gasteiger partial charge in [0.2, 0.25) is 0 Å². The average molecular weight is 288 g/mol. The summed E-state index contributed by atoms with van der Waals surface area (Å²) in [7, 11) is 0. The summed E-state index contributed by atoms with van der Waals surface area (Å²) in [4.78, 5) is 33.0. The molecule has 7 heteroatoms. The molecule has 3 amide bonds. The number of imide groups is 1. The Labute approximate surface area is 119 Å². The molecule has 0 aromatic heterocycles. The smallest absolute Gasteiger partial charge is 0.339 e. The maximum atomic E-state index is 11.3. The number of hydrogen-bond acceptors (Lipinski definition) is 4. The zero-order chi connectivity index (χ0) is 15.4. The lowest BCUT2D eigenvalue weighted by atomic mass is 10.1. The summed E-state index contributed by atoms with van der Waals surface area (Å²) in [6.07, 6.45) is 0. The fraction of sp³-hybridized carbons (Fsp3) is 0.0714.